The summed E-state index contributed by atoms with van der Waals surface area (Å²) in [6.07, 6.45) is 0. The van der Waals surface area contributed by atoms with Gasteiger partial charge in [0, 0.05) is 47.2 Å². The smallest absolute Gasteiger partial charge is 0.255 e. The molecule has 0 atom stereocenters. The number of hydrogen-bond donors (Lipinski definition) is 3. The third kappa shape index (κ3) is 5.61. The van der Waals surface area contributed by atoms with E-state index in [0.717, 1.165) is 46.9 Å². The summed E-state index contributed by atoms with van der Waals surface area (Å²) >= 11 is 0. The predicted octanol–water partition coefficient (Wildman–Crippen LogP) is 4.28. The first-order valence-corrected chi connectivity index (χ1v) is 12.2. The van der Waals surface area contributed by atoms with E-state index in [-0.39, 0.29) is 12.5 Å². The summed E-state index contributed by atoms with van der Waals surface area (Å²) in [7, 11) is 0. The second kappa shape index (κ2) is 10.8. The number of benzene rings is 3. The molecule has 0 unspecified atom stereocenters. The molecule has 4 aromatic rings. The molecular weight excluding hydrogens is 466 g/mol. The number of morpholine rings is 1. The van der Waals surface area contributed by atoms with Gasteiger partial charge in [0.25, 0.3) is 5.91 Å². The predicted molar refractivity (Wildman–Crippen MR) is 145 cm³/mol. The molecule has 0 bridgehead atoms. The van der Waals surface area contributed by atoms with E-state index in [4.69, 9.17) is 20.4 Å². The zero-order valence-corrected chi connectivity index (χ0v) is 20.6. The molecule has 4 N–H and O–H groups in total. The number of aromatic nitrogens is 2. The number of aryl methyl sites for hydroxylation is 1. The molecule has 1 amide bonds. The normalized spacial score (nSPS) is 13.4. The Morgan fingerprint density at radius 2 is 1.78 bits per heavy atom. The lowest BCUT2D eigenvalue weighted by atomic mass is 10.1. The molecule has 0 aliphatic carbocycles. The van der Waals surface area contributed by atoms with Crippen molar-refractivity contribution < 1.29 is 14.6 Å². The summed E-state index contributed by atoms with van der Waals surface area (Å²) in [5, 5.41) is 12.5. The van der Waals surface area contributed by atoms with Gasteiger partial charge in [-0.15, -0.1) is 0 Å². The van der Waals surface area contributed by atoms with Gasteiger partial charge in [0.1, 0.15) is 5.82 Å². The fourth-order valence-corrected chi connectivity index (χ4v) is 4.34. The molecule has 2 heterocycles. The van der Waals surface area contributed by atoms with Gasteiger partial charge in [-0.05, 0) is 54.4 Å². The van der Waals surface area contributed by atoms with Gasteiger partial charge in [0.2, 0.25) is 0 Å². The number of ether oxygens (including phenoxy) is 1. The van der Waals surface area contributed by atoms with E-state index in [1.807, 2.05) is 61.5 Å². The molecule has 37 heavy (non-hydrogen) atoms. The van der Waals surface area contributed by atoms with Crippen LogP contribution in [0.3, 0.4) is 0 Å². The first-order valence-electron chi connectivity index (χ1n) is 12.2. The van der Waals surface area contributed by atoms with Crippen LogP contribution in [0.4, 0.5) is 17.2 Å². The number of nitrogen functional groups attached to an aromatic ring is 1. The van der Waals surface area contributed by atoms with Crippen molar-refractivity contribution >= 4 is 23.1 Å². The van der Waals surface area contributed by atoms with E-state index in [9.17, 15) is 9.90 Å². The van der Waals surface area contributed by atoms with Crippen molar-refractivity contribution in [3.63, 3.8) is 0 Å². The van der Waals surface area contributed by atoms with Crippen LogP contribution in [-0.2, 0) is 11.3 Å². The number of rotatable bonds is 6. The molecule has 0 spiro atoms. The number of amides is 1. The first kappa shape index (κ1) is 24.4. The van der Waals surface area contributed by atoms with Gasteiger partial charge in [-0.3, -0.25) is 4.79 Å². The van der Waals surface area contributed by atoms with Gasteiger partial charge < -0.3 is 25.8 Å². The minimum absolute atomic E-state index is 0.0487. The van der Waals surface area contributed by atoms with Crippen LogP contribution < -0.4 is 16.0 Å². The lowest BCUT2D eigenvalue weighted by molar-refractivity contribution is 0.102. The summed E-state index contributed by atoms with van der Waals surface area (Å²) < 4.78 is 5.52. The lowest BCUT2D eigenvalue weighted by Gasteiger charge is -2.28. The number of nitrogens with two attached hydrogens (primary N) is 1. The molecular formula is C29H29N5O3. The van der Waals surface area contributed by atoms with Crippen molar-refractivity contribution in [2.45, 2.75) is 13.5 Å². The second-order valence-corrected chi connectivity index (χ2v) is 9.00. The molecule has 1 aromatic heterocycles. The first-order chi connectivity index (χ1) is 18.0. The average Bonchev–Trinajstić information content (AvgIpc) is 2.93. The van der Waals surface area contributed by atoms with Crippen molar-refractivity contribution in [1.29, 1.82) is 0 Å². The molecule has 0 saturated carbocycles. The van der Waals surface area contributed by atoms with Crippen LogP contribution in [0.15, 0.2) is 72.8 Å². The standard InChI is InChI=1S/C29H29N5O3/c1-19-15-23(30)7-10-25(19)29(36)31-24-8-5-21(6-9-24)26-17-27(34-11-13-37-14-12-34)33-28(32-26)22-4-2-3-20(16-22)18-35/h2-10,15-17,35H,11-14,18,30H2,1H3,(H,31,36). The van der Waals surface area contributed by atoms with Gasteiger partial charge in [0.15, 0.2) is 5.82 Å². The number of carbonyl (C=O) groups excluding carboxylic acids is 1. The highest BCUT2D eigenvalue weighted by molar-refractivity contribution is 6.05. The second-order valence-electron chi connectivity index (χ2n) is 9.00. The summed E-state index contributed by atoms with van der Waals surface area (Å²) in [5.41, 5.74) is 11.8. The third-order valence-corrected chi connectivity index (χ3v) is 6.35. The van der Waals surface area contributed by atoms with Crippen molar-refractivity contribution in [3.05, 3.63) is 89.5 Å². The Morgan fingerprint density at radius 1 is 1.00 bits per heavy atom. The topological polar surface area (TPSA) is 114 Å². The van der Waals surface area contributed by atoms with Gasteiger partial charge in [-0.25, -0.2) is 9.97 Å². The highest BCUT2D eigenvalue weighted by Gasteiger charge is 2.17. The van der Waals surface area contributed by atoms with Gasteiger partial charge in [-0.2, -0.15) is 0 Å². The fraction of sp³-hybridized carbons (Fsp3) is 0.207. The largest absolute Gasteiger partial charge is 0.399 e. The van der Waals surface area contributed by atoms with Crippen LogP contribution in [0, 0.1) is 6.92 Å². The molecule has 1 aliphatic rings. The zero-order valence-electron chi connectivity index (χ0n) is 20.6. The molecule has 1 aliphatic heterocycles. The number of nitrogens with zero attached hydrogens (tertiary/aromatic N) is 3. The van der Waals surface area contributed by atoms with Crippen LogP contribution in [0.1, 0.15) is 21.5 Å². The summed E-state index contributed by atoms with van der Waals surface area (Å²) in [6, 6.07) is 22.4. The fourth-order valence-electron chi connectivity index (χ4n) is 4.34. The van der Waals surface area contributed by atoms with E-state index in [0.29, 0.717) is 36.0 Å². The van der Waals surface area contributed by atoms with E-state index in [1.54, 1.807) is 18.2 Å². The molecule has 1 saturated heterocycles. The van der Waals surface area contributed by atoms with Gasteiger partial charge in [0.05, 0.1) is 25.5 Å². The molecule has 188 valence electrons. The Bertz CT molecular complexity index is 1420. The Labute approximate surface area is 215 Å². The average molecular weight is 496 g/mol. The van der Waals surface area contributed by atoms with Crippen molar-refractivity contribution in [1.82, 2.24) is 9.97 Å². The van der Waals surface area contributed by atoms with E-state index in [2.05, 4.69) is 10.2 Å². The van der Waals surface area contributed by atoms with Crippen molar-refractivity contribution in [3.8, 4) is 22.6 Å². The number of anilines is 3. The third-order valence-electron chi connectivity index (χ3n) is 6.35. The SMILES string of the molecule is Cc1cc(N)ccc1C(=O)Nc1ccc(-c2cc(N3CCOCC3)nc(-c3cccc(CO)c3)n2)cc1. The van der Waals surface area contributed by atoms with Gasteiger partial charge in [-0.1, -0.05) is 30.3 Å². The Hall–Kier alpha value is -4.27. The molecule has 5 rings (SSSR count). The van der Waals surface area contributed by atoms with Crippen molar-refractivity contribution in [2.24, 2.45) is 0 Å². The number of aliphatic hydroxyl groups is 1. The van der Waals surface area contributed by atoms with Crippen LogP contribution in [0.25, 0.3) is 22.6 Å². The Balaban J connectivity index is 1.45. The maximum Gasteiger partial charge on any atom is 0.255 e. The summed E-state index contributed by atoms with van der Waals surface area (Å²) in [5.74, 6) is 1.23. The highest BCUT2D eigenvalue weighted by Crippen LogP contribution is 2.28. The number of carbonyl (C=O) groups is 1. The molecule has 3 aromatic carbocycles. The summed E-state index contributed by atoms with van der Waals surface area (Å²) in [4.78, 5) is 24.7. The summed E-state index contributed by atoms with van der Waals surface area (Å²) in [6.45, 7) is 4.62. The number of nitrogens with one attached hydrogen (secondary N) is 1. The van der Waals surface area contributed by atoms with E-state index < -0.39 is 0 Å². The van der Waals surface area contributed by atoms with Crippen LogP contribution in [0.5, 0.6) is 0 Å². The maximum atomic E-state index is 12.8. The molecule has 8 heteroatoms. The minimum Gasteiger partial charge on any atom is -0.399 e. The highest BCUT2D eigenvalue weighted by atomic mass is 16.5. The van der Waals surface area contributed by atoms with E-state index in [1.165, 1.54) is 0 Å². The number of hydrogen-bond acceptors (Lipinski definition) is 7. The minimum atomic E-state index is -0.187. The monoisotopic (exact) mass is 495 g/mol. The van der Waals surface area contributed by atoms with Crippen LogP contribution in [0.2, 0.25) is 0 Å². The Kier molecular flexibility index (Phi) is 7.11. The van der Waals surface area contributed by atoms with Crippen LogP contribution >= 0.6 is 0 Å². The van der Waals surface area contributed by atoms with Gasteiger partial charge >= 0.3 is 0 Å². The Morgan fingerprint density at radius 3 is 2.51 bits per heavy atom. The zero-order chi connectivity index (χ0) is 25.8. The molecule has 1 fully saturated rings. The number of aliphatic hydroxyl groups excluding tert-OH is 1. The van der Waals surface area contributed by atoms with Crippen molar-refractivity contribution in [2.75, 3.05) is 42.3 Å². The van der Waals surface area contributed by atoms with Crippen LogP contribution in [-0.4, -0.2) is 47.3 Å². The molecule has 8 nitrogen and oxygen atoms in total. The van der Waals surface area contributed by atoms with E-state index >= 15 is 0 Å². The lowest BCUT2D eigenvalue weighted by Crippen LogP contribution is -2.36. The molecule has 0 radical (unpaired) electrons. The quantitative estimate of drug-likeness (QED) is 0.342. The maximum absolute atomic E-state index is 12.8.